The van der Waals surface area contributed by atoms with Crippen LogP contribution in [0.25, 0.3) is 11.3 Å². The second kappa shape index (κ2) is 5.46. The Morgan fingerprint density at radius 2 is 1.56 bits per heavy atom. The molecule has 0 radical (unpaired) electrons. The lowest BCUT2D eigenvalue weighted by Gasteiger charge is -2.20. The van der Waals surface area contributed by atoms with Crippen LogP contribution in [-0.2, 0) is 19.1 Å². The minimum absolute atomic E-state index is 0.178. The quantitative estimate of drug-likeness (QED) is 0.789. The molecule has 0 unspecified atom stereocenters. The molecule has 4 N–H and O–H groups in total. The van der Waals surface area contributed by atoms with E-state index in [0.29, 0.717) is 0 Å². The normalized spacial score (nSPS) is 13.3. The molecule has 13 heteroatoms. The van der Waals surface area contributed by atoms with Crippen LogP contribution in [0.2, 0.25) is 0 Å². The van der Waals surface area contributed by atoms with Crippen LogP contribution in [0.1, 0.15) is 11.3 Å². The third-order valence-corrected chi connectivity index (χ3v) is 3.18. The highest BCUT2D eigenvalue weighted by Gasteiger charge is 2.64. The minimum atomic E-state index is -6.28. The fourth-order valence-electron chi connectivity index (χ4n) is 2.14. The fourth-order valence-corrected chi connectivity index (χ4v) is 2.14. The monoisotopic (exact) mass is 375 g/mol. The minimum Gasteiger partial charge on any atom is -0.397 e. The zero-order chi connectivity index (χ0) is 19.4. The molecule has 2 rings (SSSR count). The van der Waals surface area contributed by atoms with Gasteiger partial charge in [-0.25, -0.2) is 4.98 Å². The number of nitrogens with zero attached hydrogens (tertiary/aromatic N) is 3. The van der Waals surface area contributed by atoms with E-state index in [0.717, 1.165) is 19.3 Å². The van der Waals surface area contributed by atoms with E-state index < -0.39 is 46.6 Å². The van der Waals surface area contributed by atoms with Crippen molar-refractivity contribution in [3.8, 4) is 11.3 Å². The van der Waals surface area contributed by atoms with Gasteiger partial charge in [0.1, 0.15) is 11.4 Å². The van der Waals surface area contributed by atoms with E-state index >= 15 is 0 Å². The molecule has 0 aliphatic rings. The van der Waals surface area contributed by atoms with Crippen LogP contribution in [0.15, 0.2) is 12.3 Å². The van der Waals surface area contributed by atoms with Crippen molar-refractivity contribution in [2.45, 2.75) is 18.3 Å². The number of aromatic nitrogens is 3. The van der Waals surface area contributed by atoms with Gasteiger partial charge in [0.25, 0.3) is 0 Å². The predicted molar refractivity (Wildman–Crippen MR) is 70.2 cm³/mol. The summed E-state index contributed by atoms with van der Waals surface area (Å²) in [6.07, 6.45) is -10.9. The topological polar surface area (TPSA) is 82.8 Å². The summed E-state index contributed by atoms with van der Waals surface area (Å²) in [4.78, 5) is 3.47. The molecule has 5 nitrogen and oxygen atoms in total. The number of alkyl halides is 8. The number of aryl methyl sites for hydroxylation is 1. The molecule has 0 aliphatic carbocycles. The van der Waals surface area contributed by atoms with Crippen molar-refractivity contribution in [3.63, 3.8) is 0 Å². The summed E-state index contributed by atoms with van der Waals surface area (Å²) in [5.41, 5.74) is 4.19. The molecule has 2 heterocycles. The van der Waals surface area contributed by atoms with Gasteiger partial charge in [0, 0.05) is 12.6 Å². The molecule has 2 aromatic heterocycles. The number of anilines is 2. The zero-order valence-electron chi connectivity index (χ0n) is 12.2. The highest BCUT2D eigenvalue weighted by atomic mass is 19.4. The van der Waals surface area contributed by atoms with Gasteiger partial charge >= 0.3 is 18.3 Å². The predicted octanol–water partition coefficient (Wildman–Crippen LogP) is 3.32. The molecule has 138 valence electrons. The standard InChI is InChI=1S/C12H9F8N5/c1-25-7(5-2-4(21)3-23-9(5)22)6(11(15,16)17)8(24-25)10(13,14)12(18,19)20/h2-3H,21H2,1H3,(H2,22,23). The maximum atomic E-state index is 13.6. The average molecular weight is 375 g/mol. The van der Waals surface area contributed by atoms with E-state index in [-0.39, 0.29) is 10.4 Å². The van der Waals surface area contributed by atoms with Crippen LogP contribution < -0.4 is 11.5 Å². The summed E-state index contributed by atoms with van der Waals surface area (Å²) < 4.78 is 105. The van der Waals surface area contributed by atoms with Crippen molar-refractivity contribution in [2.75, 3.05) is 11.5 Å². The number of pyridine rings is 1. The second-order valence-corrected chi connectivity index (χ2v) is 4.97. The Labute approximate surface area is 134 Å². The Kier molecular flexibility index (Phi) is 4.09. The average Bonchev–Trinajstić information content (AvgIpc) is 2.78. The van der Waals surface area contributed by atoms with E-state index in [9.17, 15) is 35.1 Å². The summed E-state index contributed by atoms with van der Waals surface area (Å²) in [7, 11) is 0.767. The molecule has 0 saturated heterocycles. The number of hydrogen-bond acceptors (Lipinski definition) is 4. The Bertz CT molecular complexity index is 805. The maximum Gasteiger partial charge on any atom is 0.459 e. The highest BCUT2D eigenvalue weighted by Crippen LogP contribution is 2.50. The molecule has 0 amide bonds. The molecule has 0 aliphatic heterocycles. The van der Waals surface area contributed by atoms with Crippen LogP contribution in [0.4, 0.5) is 46.6 Å². The van der Waals surface area contributed by atoms with Crippen LogP contribution in [-0.4, -0.2) is 20.9 Å². The maximum absolute atomic E-state index is 13.6. The first-order chi connectivity index (χ1) is 11.2. The Balaban J connectivity index is 2.91. The molecule has 0 bridgehead atoms. The van der Waals surface area contributed by atoms with Crippen molar-refractivity contribution in [1.82, 2.24) is 14.8 Å². The number of hydrogen-bond donors (Lipinski definition) is 2. The summed E-state index contributed by atoms with van der Waals surface area (Å²) in [5.74, 6) is -6.39. The molecule has 0 aromatic carbocycles. The van der Waals surface area contributed by atoms with Crippen LogP contribution in [0, 0.1) is 0 Å². The lowest BCUT2D eigenvalue weighted by molar-refractivity contribution is -0.292. The molecule has 2 aromatic rings. The van der Waals surface area contributed by atoms with E-state index in [1.54, 1.807) is 0 Å². The first-order valence-electron chi connectivity index (χ1n) is 6.28. The van der Waals surface area contributed by atoms with Gasteiger partial charge in [0.05, 0.1) is 17.6 Å². The van der Waals surface area contributed by atoms with Crippen molar-refractivity contribution in [2.24, 2.45) is 7.05 Å². The van der Waals surface area contributed by atoms with Crippen molar-refractivity contribution in [3.05, 3.63) is 23.5 Å². The van der Waals surface area contributed by atoms with Crippen LogP contribution in [0.3, 0.4) is 0 Å². The van der Waals surface area contributed by atoms with Gasteiger partial charge in [-0.05, 0) is 6.07 Å². The Morgan fingerprint density at radius 3 is 2.04 bits per heavy atom. The zero-order valence-corrected chi connectivity index (χ0v) is 12.2. The largest absolute Gasteiger partial charge is 0.459 e. The van der Waals surface area contributed by atoms with Crippen LogP contribution >= 0.6 is 0 Å². The summed E-state index contributed by atoms with van der Waals surface area (Å²) in [6, 6.07) is 0.865. The van der Waals surface area contributed by atoms with Gasteiger partial charge in [-0.1, -0.05) is 0 Å². The molecular formula is C12H9F8N5. The summed E-state index contributed by atoms with van der Waals surface area (Å²) in [6.45, 7) is 0. The van der Waals surface area contributed by atoms with E-state index in [1.807, 2.05) is 0 Å². The van der Waals surface area contributed by atoms with E-state index in [1.165, 1.54) is 0 Å². The lowest BCUT2D eigenvalue weighted by atomic mass is 10.0. The van der Waals surface area contributed by atoms with Gasteiger partial charge in [-0.2, -0.15) is 40.2 Å². The van der Waals surface area contributed by atoms with Crippen molar-refractivity contribution < 1.29 is 35.1 Å². The number of nitrogen functional groups attached to an aromatic ring is 2. The number of halogens is 8. The number of rotatable bonds is 2. The second-order valence-electron chi connectivity index (χ2n) is 4.97. The smallest absolute Gasteiger partial charge is 0.397 e. The van der Waals surface area contributed by atoms with Gasteiger partial charge in [0.15, 0.2) is 5.69 Å². The van der Waals surface area contributed by atoms with Crippen molar-refractivity contribution in [1.29, 1.82) is 0 Å². The molecule has 0 saturated carbocycles. The molecule has 0 atom stereocenters. The van der Waals surface area contributed by atoms with Gasteiger partial charge in [0.2, 0.25) is 0 Å². The summed E-state index contributed by atoms with van der Waals surface area (Å²) in [5, 5.41) is 2.76. The van der Waals surface area contributed by atoms with Gasteiger partial charge in [-0.15, -0.1) is 0 Å². The first kappa shape index (κ1) is 18.7. The van der Waals surface area contributed by atoms with E-state index in [4.69, 9.17) is 11.5 Å². The lowest BCUT2D eigenvalue weighted by Crippen LogP contribution is -2.36. The third kappa shape index (κ3) is 3.05. The first-order valence-corrected chi connectivity index (χ1v) is 6.28. The van der Waals surface area contributed by atoms with Gasteiger partial charge < -0.3 is 11.5 Å². The van der Waals surface area contributed by atoms with Crippen molar-refractivity contribution >= 4 is 11.5 Å². The van der Waals surface area contributed by atoms with Gasteiger partial charge in [-0.3, -0.25) is 4.68 Å². The van der Waals surface area contributed by atoms with Crippen LogP contribution in [0.5, 0.6) is 0 Å². The third-order valence-electron chi connectivity index (χ3n) is 3.18. The Morgan fingerprint density at radius 1 is 1.00 bits per heavy atom. The van der Waals surface area contributed by atoms with E-state index in [2.05, 4.69) is 10.1 Å². The SMILES string of the molecule is Cn1nc(C(F)(F)C(F)(F)F)c(C(F)(F)F)c1-c1cc(N)cnc1N. The molecular weight excluding hydrogens is 366 g/mol. The number of nitrogens with two attached hydrogens (primary N) is 2. The highest BCUT2D eigenvalue weighted by molar-refractivity contribution is 5.77. The fraction of sp³-hybridized carbons (Fsp3) is 0.333. The Hall–Kier alpha value is -2.60. The molecule has 25 heavy (non-hydrogen) atoms. The summed E-state index contributed by atoms with van der Waals surface area (Å²) >= 11 is 0. The molecule has 0 spiro atoms. The molecule has 0 fully saturated rings.